The summed E-state index contributed by atoms with van der Waals surface area (Å²) in [5.41, 5.74) is 5.22. The van der Waals surface area contributed by atoms with Crippen LogP contribution < -0.4 is 10.5 Å². The summed E-state index contributed by atoms with van der Waals surface area (Å²) in [4.78, 5) is 7.92. The first-order chi connectivity index (χ1) is 12.4. The summed E-state index contributed by atoms with van der Waals surface area (Å²) in [6.45, 7) is 2.21. The molecule has 2 aromatic carbocycles. The summed E-state index contributed by atoms with van der Waals surface area (Å²) in [6.07, 6.45) is 2.53. The predicted octanol–water partition coefficient (Wildman–Crippen LogP) is 5.32. The van der Waals surface area contributed by atoms with Gasteiger partial charge in [0, 0.05) is 17.7 Å². The molecule has 1 unspecified atom stereocenters. The molecule has 2 aromatic rings. The molecule has 0 spiro atoms. The standard InChI is InChI=1S/C18H18Cl3N3O2/c1-18(25-2,9-23-11-24-10-22)14-5-4-13(8-15(14)20)26-17-6-3-12(19)7-16(17)21/h3-8,10-11H,9H2,1-2H3,(H2,22,23,24). The average molecular weight is 415 g/mol. The fraction of sp³-hybridized carbons (Fsp3) is 0.222. The zero-order valence-corrected chi connectivity index (χ0v) is 16.5. The number of rotatable bonds is 7. The maximum atomic E-state index is 6.45. The molecule has 0 aliphatic heterocycles. The Morgan fingerprint density at radius 1 is 1.12 bits per heavy atom. The van der Waals surface area contributed by atoms with Crippen LogP contribution in [-0.4, -0.2) is 26.3 Å². The highest BCUT2D eigenvalue weighted by molar-refractivity contribution is 6.35. The number of methoxy groups -OCH3 is 1. The van der Waals surface area contributed by atoms with Crippen LogP contribution in [0.5, 0.6) is 11.5 Å². The van der Waals surface area contributed by atoms with Gasteiger partial charge in [-0.1, -0.05) is 40.9 Å². The number of halogens is 3. The third-order valence-electron chi connectivity index (χ3n) is 3.71. The van der Waals surface area contributed by atoms with E-state index in [0.29, 0.717) is 33.1 Å². The van der Waals surface area contributed by atoms with Crippen molar-refractivity contribution in [2.75, 3.05) is 13.7 Å². The fourth-order valence-electron chi connectivity index (χ4n) is 2.23. The van der Waals surface area contributed by atoms with E-state index in [2.05, 4.69) is 9.98 Å². The summed E-state index contributed by atoms with van der Waals surface area (Å²) >= 11 is 18.5. The van der Waals surface area contributed by atoms with Crippen LogP contribution in [0.15, 0.2) is 46.4 Å². The van der Waals surface area contributed by atoms with Crippen molar-refractivity contribution in [3.8, 4) is 11.5 Å². The van der Waals surface area contributed by atoms with Crippen molar-refractivity contribution >= 4 is 47.5 Å². The van der Waals surface area contributed by atoms with Gasteiger partial charge in [0.05, 0.1) is 22.9 Å². The lowest BCUT2D eigenvalue weighted by atomic mass is 9.95. The molecule has 8 heteroatoms. The Kier molecular flexibility index (Phi) is 7.29. The molecule has 5 nitrogen and oxygen atoms in total. The van der Waals surface area contributed by atoms with Gasteiger partial charge in [0.25, 0.3) is 0 Å². The van der Waals surface area contributed by atoms with Crippen molar-refractivity contribution in [1.29, 1.82) is 0 Å². The van der Waals surface area contributed by atoms with Crippen LogP contribution in [0.3, 0.4) is 0 Å². The van der Waals surface area contributed by atoms with Crippen LogP contribution in [0.25, 0.3) is 0 Å². The summed E-state index contributed by atoms with van der Waals surface area (Å²) < 4.78 is 11.4. The Hall–Kier alpha value is -1.79. The van der Waals surface area contributed by atoms with Gasteiger partial charge in [0.1, 0.15) is 23.4 Å². The van der Waals surface area contributed by atoms with E-state index in [0.717, 1.165) is 11.9 Å². The van der Waals surface area contributed by atoms with Crippen molar-refractivity contribution in [2.24, 2.45) is 15.7 Å². The van der Waals surface area contributed by atoms with Gasteiger partial charge in [-0.3, -0.25) is 4.99 Å². The number of hydrogen-bond acceptors (Lipinski definition) is 3. The Bertz CT molecular complexity index is 827. The molecule has 0 fully saturated rings. The largest absolute Gasteiger partial charge is 0.456 e. The second kappa shape index (κ2) is 9.24. The van der Waals surface area contributed by atoms with Crippen molar-refractivity contribution < 1.29 is 9.47 Å². The number of hydrogen-bond donors (Lipinski definition) is 1. The van der Waals surface area contributed by atoms with Crippen LogP contribution in [-0.2, 0) is 10.3 Å². The van der Waals surface area contributed by atoms with Gasteiger partial charge < -0.3 is 15.2 Å². The molecule has 1 atom stereocenters. The molecule has 0 aliphatic rings. The van der Waals surface area contributed by atoms with E-state index in [1.54, 1.807) is 37.4 Å². The number of aliphatic imine (C=N–C) groups is 2. The van der Waals surface area contributed by atoms with Crippen molar-refractivity contribution in [1.82, 2.24) is 0 Å². The minimum absolute atomic E-state index is 0.323. The number of nitrogens with zero attached hydrogens (tertiary/aromatic N) is 2. The van der Waals surface area contributed by atoms with Gasteiger partial charge >= 0.3 is 0 Å². The van der Waals surface area contributed by atoms with E-state index in [9.17, 15) is 0 Å². The molecule has 26 heavy (non-hydrogen) atoms. The van der Waals surface area contributed by atoms with Crippen molar-refractivity contribution in [2.45, 2.75) is 12.5 Å². The quantitative estimate of drug-likeness (QED) is 0.492. The molecule has 2 N–H and O–H groups in total. The topological polar surface area (TPSA) is 69.2 Å². The first kappa shape index (κ1) is 20.5. The molecule has 2 rings (SSSR count). The van der Waals surface area contributed by atoms with E-state index in [4.69, 9.17) is 50.0 Å². The van der Waals surface area contributed by atoms with E-state index in [1.165, 1.54) is 6.34 Å². The first-order valence-corrected chi connectivity index (χ1v) is 8.73. The maximum Gasteiger partial charge on any atom is 0.146 e. The second-order valence-corrected chi connectivity index (χ2v) is 6.76. The second-order valence-electron chi connectivity index (χ2n) is 5.51. The minimum Gasteiger partial charge on any atom is -0.456 e. The molecule has 138 valence electrons. The smallest absolute Gasteiger partial charge is 0.146 e. The van der Waals surface area contributed by atoms with E-state index in [1.807, 2.05) is 13.0 Å². The third kappa shape index (κ3) is 5.11. The highest BCUT2D eigenvalue weighted by Gasteiger charge is 2.28. The lowest BCUT2D eigenvalue weighted by molar-refractivity contribution is 0.0107. The molecule has 0 saturated carbocycles. The lowest BCUT2D eigenvalue weighted by Crippen LogP contribution is -2.28. The molecule has 0 amide bonds. The summed E-state index contributed by atoms with van der Waals surface area (Å²) in [6, 6.07) is 10.3. The summed E-state index contributed by atoms with van der Waals surface area (Å²) in [7, 11) is 1.59. The zero-order chi connectivity index (χ0) is 19.2. The number of benzene rings is 2. The van der Waals surface area contributed by atoms with Gasteiger partial charge in [-0.25, -0.2) is 4.99 Å². The number of ether oxygens (including phenoxy) is 2. The Labute approximate surface area is 167 Å². The van der Waals surface area contributed by atoms with Gasteiger partial charge in [0.15, 0.2) is 0 Å². The minimum atomic E-state index is -0.728. The molecule has 0 aromatic heterocycles. The van der Waals surface area contributed by atoms with E-state index < -0.39 is 5.60 Å². The molecule has 0 saturated heterocycles. The Morgan fingerprint density at radius 2 is 1.88 bits per heavy atom. The highest BCUT2D eigenvalue weighted by atomic mass is 35.5. The first-order valence-electron chi connectivity index (χ1n) is 7.59. The van der Waals surface area contributed by atoms with Crippen LogP contribution >= 0.6 is 34.8 Å². The normalized spacial score (nSPS) is 14.0. The molecular weight excluding hydrogens is 397 g/mol. The third-order valence-corrected chi connectivity index (χ3v) is 4.55. The van der Waals surface area contributed by atoms with Crippen molar-refractivity contribution in [3.05, 3.63) is 57.0 Å². The monoisotopic (exact) mass is 413 g/mol. The fourth-order valence-corrected chi connectivity index (χ4v) is 3.05. The van der Waals surface area contributed by atoms with Crippen LogP contribution in [0.4, 0.5) is 0 Å². The van der Waals surface area contributed by atoms with Gasteiger partial charge in [0.2, 0.25) is 0 Å². The van der Waals surface area contributed by atoms with Crippen molar-refractivity contribution in [3.63, 3.8) is 0 Å². The van der Waals surface area contributed by atoms with Crippen LogP contribution in [0.2, 0.25) is 15.1 Å². The molecule has 0 aliphatic carbocycles. The van der Waals surface area contributed by atoms with Crippen LogP contribution in [0, 0.1) is 0 Å². The SMILES string of the molecule is COC(C)(CN=CN=CN)c1ccc(Oc2ccc(Cl)cc2Cl)cc1Cl. The van der Waals surface area contributed by atoms with E-state index in [-0.39, 0.29) is 0 Å². The lowest BCUT2D eigenvalue weighted by Gasteiger charge is -2.28. The Balaban J connectivity index is 2.24. The maximum absolute atomic E-state index is 6.45. The van der Waals surface area contributed by atoms with Gasteiger partial charge in [-0.15, -0.1) is 0 Å². The predicted molar refractivity (Wildman–Crippen MR) is 108 cm³/mol. The number of nitrogens with two attached hydrogens (primary N) is 1. The Morgan fingerprint density at radius 3 is 2.50 bits per heavy atom. The van der Waals surface area contributed by atoms with Gasteiger partial charge in [-0.2, -0.15) is 0 Å². The zero-order valence-electron chi connectivity index (χ0n) is 14.2. The molecule has 0 radical (unpaired) electrons. The molecule has 0 heterocycles. The average Bonchev–Trinajstić information content (AvgIpc) is 2.61. The highest BCUT2D eigenvalue weighted by Crippen LogP contribution is 2.37. The summed E-state index contributed by atoms with van der Waals surface area (Å²) in [5.74, 6) is 1.02. The molecule has 0 bridgehead atoms. The van der Waals surface area contributed by atoms with Gasteiger partial charge in [-0.05, 0) is 37.3 Å². The summed E-state index contributed by atoms with van der Waals surface area (Å²) in [5, 5.41) is 1.43. The molecular formula is C18H18Cl3N3O2. The van der Waals surface area contributed by atoms with E-state index >= 15 is 0 Å². The van der Waals surface area contributed by atoms with Crippen LogP contribution in [0.1, 0.15) is 12.5 Å².